The maximum Gasteiger partial charge on any atom is 0.251 e. The van der Waals surface area contributed by atoms with Crippen molar-refractivity contribution in [2.75, 3.05) is 51.5 Å². The minimum Gasteiger partial charge on any atom is -0.497 e. The summed E-state index contributed by atoms with van der Waals surface area (Å²) in [4.78, 5) is 14.5. The predicted octanol–water partition coefficient (Wildman–Crippen LogP) is 2.34. The normalized spacial score (nSPS) is 14.0. The number of benzene rings is 2. The Balaban J connectivity index is 1.42. The number of nitrogens with one attached hydrogen (secondary N) is 1. The van der Waals surface area contributed by atoms with E-state index < -0.39 is 0 Å². The molecule has 138 valence electrons. The topological polar surface area (TPSA) is 60.0 Å². The minimum absolute atomic E-state index is 0.100. The number of hydrogen-bond donors (Lipinski definition) is 1. The van der Waals surface area contributed by atoms with E-state index in [4.69, 9.17) is 14.2 Å². The number of hydrogen-bond acceptors (Lipinski definition) is 5. The van der Waals surface area contributed by atoms with Gasteiger partial charge in [0.05, 0.1) is 26.9 Å². The van der Waals surface area contributed by atoms with E-state index in [9.17, 15) is 4.79 Å². The van der Waals surface area contributed by atoms with Gasteiger partial charge in [-0.15, -0.1) is 0 Å². The number of methoxy groups -OCH3 is 1. The van der Waals surface area contributed by atoms with Crippen LogP contribution in [0.15, 0.2) is 48.5 Å². The number of amides is 1. The average Bonchev–Trinajstić information content (AvgIpc) is 2.72. The van der Waals surface area contributed by atoms with Crippen LogP contribution < -0.4 is 19.7 Å². The number of rotatable bonds is 7. The van der Waals surface area contributed by atoms with Crippen LogP contribution in [0.2, 0.25) is 0 Å². The molecule has 0 radical (unpaired) electrons. The lowest BCUT2D eigenvalue weighted by Gasteiger charge is -2.28. The first-order valence-electron chi connectivity index (χ1n) is 8.74. The first kappa shape index (κ1) is 18.1. The molecule has 3 rings (SSSR count). The lowest BCUT2D eigenvalue weighted by atomic mass is 10.1. The third-order valence-electron chi connectivity index (χ3n) is 4.22. The van der Waals surface area contributed by atoms with Gasteiger partial charge in [-0.2, -0.15) is 0 Å². The number of nitrogens with zero attached hydrogens (tertiary/aromatic N) is 1. The molecule has 1 N–H and O–H groups in total. The highest BCUT2D eigenvalue weighted by atomic mass is 16.5. The van der Waals surface area contributed by atoms with Crippen molar-refractivity contribution in [3.63, 3.8) is 0 Å². The van der Waals surface area contributed by atoms with Crippen LogP contribution in [0.25, 0.3) is 0 Å². The smallest absolute Gasteiger partial charge is 0.251 e. The van der Waals surface area contributed by atoms with Crippen LogP contribution in [0.3, 0.4) is 0 Å². The summed E-state index contributed by atoms with van der Waals surface area (Å²) in [5, 5.41) is 2.87. The van der Waals surface area contributed by atoms with E-state index in [0.717, 1.165) is 43.5 Å². The highest BCUT2D eigenvalue weighted by Crippen LogP contribution is 2.17. The number of carbonyl (C=O) groups is 1. The highest BCUT2D eigenvalue weighted by Gasteiger charge is 2.12. The molecule has 0 unspecified atom stereocenters. The molecule has 0 bridgehead atoms. The Kier molecular flexibility index (Phi) is 6.33. The quantitative estimate of drug-likeness (QED) is 0.772. The van der Waals surface area contributed by atoms with Gasteiger partial charge in [0.15, 0.2) is 0 Å². The van der Waals surface area contributed by atoms with Gasteiger partial charge >= 0.3 is 0 Å². The molecule has 6 heteroatoms. The Labute approximate surface area is 153 Å². The molecule has 2 aromatic rings. The van der Waals surface area contributed by atoms with Crippen molar-refractivity contribution in [3.8, 4) is 11.5 Å². The van der Waals surface area contributed by atoms with E-state index in [0.29, 0.717) is 18.7 Å². The zero-order valence-electron chi connectivity index (χ0n) is 14.9. The number of carbonyl (C=O) groups excluding carboxylic acids is 1. The molecule has 1 amide bonds. The first-order valence-corrected chi connectivity index (χ1v) is 8.74. The molecule has 1 heterocycles. The third kappa shape index (κ3) is 4.89. The Bertz CT molecular complexity index is 695. The molecule has 0 spiro atoms. The average molecular weight is 356 g/mol. The standard InChI is InChI=1S/C20H24N2O4/c1-24-18-6-8-19(9-7-18)26-13-10-21-20(23)16-2-4-17(5-3-16)22-11-14-25-15-12-22/h2-9H,10-15H2,1H3,(H,21,23). The van der Waals surface area contributed by atoms with E-state index in [-0.39, 0.29) is 5.91 Å². The molecule has 0 atom stereocenters. The van der Waals surface area contributed by atoms with E-state index >= 15 is 0 Å². The zero-order chi connectivity index (χ0) is 18.2. The fourth-order valence-electron chi connectivity index (χ4n) is 2.75. The van der Waals surface area contributed by atoms with Crippen LogP contribution >= 0.6 is 0 Å². The summed E-state index contributed by atoms with van der Waals surface area (Å²) in [5.74, 6) is 1.43. The molecule has 0 aromatic heterocycles. The summed E-state index contributed by atoms with van der Waals surface area (Å²) in [6.07, 6.45) is 0. The van der Waals surface area contributed by atoms with Crippen molar-refractivity contribution in [3.05, 3.63) is 54.1 Å². The van der Waals surface area contributed by atoms with Gasteiger partial charge in [0.25, 0.3) is 5.91 Å². The SMILES string of the molecule is COc1ccc(OCCNC(=O)c2ccc(N3CCOCC3)cc2)cc1. The summed E-state index contributed by atoms with van der Waals surface area (Å²) in [7, 11) is 1.62. The molecule has 0 saturated carbocycles. The second-order valence-electron chi connectivity index (χ2n) is 5.93. The van der Waals surface area contributed by atoms with Gasteiger partial charge in [-0.25, -0.2) is 0 Å². The molecular formula is C20H24N2O4. The number of morpholine rings is 1. The van der Waals surface area contributed by atoms with Crippen LogP contribution in [-0.4, -0.2) is 52.5 Å². The molecule has 1 fully saturated rings. The Morgan fingerprint density at radius 2 is 1.69 bits per heavy atom. The Morgan fingerprint density at radius 1 is 1.04 bits per heavy atom. The summed E-state index contributed by atoms with van der Waals surface area (Å²) in [6.45, 7) is 4.11. The maximum absolute atomic E-state index is 12.2. The second kappa shape index (κ2) is 9.10. The van der Waals surface area contributed by atoms with Gasteiger partial charge in [-0.05, 0) is 48.5 Å². The number of anilines is 1. The lowest BCUT2D eigenvalue weighted by molar-refractivity contribution is 0.0947. The van der Waals surface area contributed by atoms with E-state index in [1.807, 2.05) is 48.5 Å². The fourth-order valence-corrected chi connectivity index (χ4v) is 2.75. The van der Waals surface area contributed by atoms with Gasteiger partial charge in [0, 0.05) is 24.3 Å². The zero-order valence-corrected chi connectivity index (χ0v) is 14.9. The van der Waals surface area contributed by atoms with Crippen molar-refractivity contribution in [2.45, 2.75) is 0 Å². The van der Waals surface area contributed by atoms with Gasteiger partial charge < -0.3 is 24.4 Å². The molecule has 6 nitrogen and oxygen atoms in total. The Hall–Kier alpha value is -2.73. The molecule has 1 aliphatic rings. The van der Waals surface area contributed by atoms with Crippen molar-refractivity contribution in [1.29, 1.82) is 0 Å². The van der Waals surface area contributed by atoms with Gasteiger partial charge in [-0.1, -0.05) is 0 Å². The van der Waals surface area contributed by atoms with E-state index in [1.54, 1.807) is 7.11 Å². The third-order valence-corrected chi connectivity index (χ3v) is 4.22. The summed E-state index contributed by atoms with van der Waals surface area (Å²) in [5.41, 5.74) is 1.76. The molecule has 0 aliphatic carbocycles. The van der Waals surface area contributed by atoms with Crippen molar-refractivity contribution < 1.29 is 19.0 Å². The monoisotopic (exact) mass is 356 g/mol. The molecule has 2 aromatic carbocycles. The Morgan fingerprint density at radius 3 is 2.35 bits per heavy atom. The lowest BCUT2D eigenvalue weighted by Crippen LogP contribution is -2.36. The molecule has 1 saturated heterocycles. The molecular weight excluding hydrogens is 332 g/mol. The van der Waals surface area contributed by atoms with Crippen molar-refractivity contribution in [2.24, 2.45) is 0 Å². The predicted molar refractivity (Wildman–Crippen MR) is 100 cm³/mol. The first-order chi connectivity index (χ1) is 12.8. The number of ether oxygens (including phenoxy) is 3. The van der Waals surface area contributed by atoms with Gasteiger partial charge in [-0.3, -0.25) is 4.79 Å². The van der Waals surface area contributed by atoms with Crippen molar-refractivity contribution in [1.82, 2.24) is 5.32 Å². The minimum atomic E-state index is -0.100. The fraction of sp³-hybridized carbons (Fsp3) is 0.350. The van der Waals surface area contributed by atoms with Crippen LogP contribution in [0, 0.1) is 0 Å². The van der Waals surface area contributed by atoms with E-state index in [2.05, 4.69) is 10.2 Å². The summed E-state index contributed by atoms with van der Waals surface area (Å²) >= 11 is 0. The molecule has 1 aliphatic heterocycles. The van der Waals surface area contributed by atoms with Crippen LogP contribution in [0.1, 0.15) is 10.4 Å². The van der Waals surface area contributed by atoms with Crippen LogP contribution in [0.5, 0.6) is 11.5 Å². The largest absolute Gasteiger partial charge is 0.497 e. The van der Waals surface area contributed by atoms with Crippen molar-refractivity contribution >= 4 is 11.6 Å². The summed E-state index contributed by atoms with van der Waals surface area (Å²) < 4.78 is 16.1. The van der Waals surface area contributed by atoms with Gasteiger partial charge in [0.1, 0.15) is 18.1 Å². The second-order valence-corrected chi connectivity index (χ2v) is 5.93. The summed E-state index contributed by atoms with van der Waals surface area (Å²) in [6, 6.07) is 15.0. The van der Waals surface area contributed by atoms with Crippen LogP contribution in [0.4, 0.5) is 5.69 Å². The van der Waals surface area contributed by atoms with Gasteiger partial charge in [0.2, 0.25) is 0 Å². The highest BCUT2D eigenvalue weighted by molar-refractivity contribution is 5.94. The molecule has 26 heavy (non-hydrogen) atoms. The van der Waals surface area contributed by atoms with Crippen LogP contribution in [-0.2, 0) is 4.74 Å². The van der Waals surface area contributed by atoms with E-state index in [1.165, 1.54) is 0 Å². The maximum atomic E-state index is 12.2.